The van der Waals surface area contributed by atoms with Gasteiger partial charge in [-0.2, -0.15) is 12.6 Å². The molecule has 1 aliphatic rings. The number of hydrogen-bond acceptors (Lipinski definition) is 7. The molecule has 188 valence electrons. The maximum Gasteiger partial charge on any atom is 0.326 e. The zero-order valence-corrected chi connectivity index (χ0v) is 20.1. The second kappa shape index (κ2) is 13.9. The minimum Gasteiger partial charge on any atom is -0.480 e. The van der Waals surface area contributed by atoms with E-state index >= 15 is 0 Å². The first kappa shape index (κ1) is 28.5. The van der Waals surface area contributed by atoms with Crippen LogP contribution in [-0.2, 0) is 19.2 Å². The molecule has 0 aromatic rings. The molecule has 0 aliphatic carbocycles. The summed E-state index contributed by atoms with van der Waals surface area (Å²) in [6.45, 7) is 4.38. The number of rotatable bonds is 13. The molecule has 1 heterocycles. The Morgan fingerprint density at radius 2 is 1.79 bits per heavy atom. The number of aliphatic imine (C=N–C) groups is 1. The van der Waals surface area contributed by atoms with Crippen LogP contribution in [0.5, 0.6) is 0 Å². The van der Waals surface area contributed by atoms with Crippen LogP contribution in [0, 0.1) is 5.92 Å². The Hall–Kier alpha value is -2.54. The summed E-state index contributed by atoms with van der Waals surface area (Å²) in [6, 6.07) is -3.74. The predicted octanol–water partition coefficient (Wildman–Crippen LogP) is -1.61. The normalized spacial score (nSPS) is 18.3. The smallest absolute Gasteiger partial charge is 0.326 e. The van der Waals surface area contributed by atoms with Gasteiger partial charge in [0.1, 0.15) is 18.1 Å². The number of hydrogen-bond donors (Lipinski definition) is 7. The van der Waals surface area contributed by atoms with Crippen molar-refractivity contribution in [3.05, 3.63) is 0 Å². The molecule has 13 heteroatoms. The lowest BCUT2D eigenvalue weighted by atomic mass is 10.0. The standard InChI is InChI=1S/C20H37N7O5S/c1-11(2)9-12(21)16(28)26-14(10-33)17(29)25-13(5-3-7-24-20(22)23)18(30)27-8-4-6-15(27)19(31)32/h11-15,33H,3-10,21H2,1-2H3,(H,25,29)(H,26,28)(H,31,32)(H4,22,23,24). The summed E-state index contributed by atoms with van der Waals surface area (Å²) in [6.07, 6.45) is 1.91. The van der Waals surface area contributed by atoms with Crippen molar-refractivity contribution in [1.82, 2.24) is 15.5 Å². The Morgan fingerprint density at radius 1 is 1.15 bits per heavy atom. The van der Waals surface area contributed by atoms with Gasteiger partial charge in [-0.25, -0.2) is 4.79 Å². The number of carbonyl (C=O) groups excluding carboxylic acids is 3. The number of carboxylic acids is 1. The largest absolute Gasteiger partial charge is 0.480 e. The van der Waals surface area contributed by atoms with Crippen LogP contribution in [0.2, 0.25) is 0 Å². The van der Waals surface area contributed by atoms with Crippen LogP contribution < -0.4 is 27.8 Å². The van der Waals surface area contributed by atoms with Crippen molar-refractivity contribution < 1.29 is 24.3 Å². The third-order valence-corrected chi connectivity index (χ3v) is 5.62. The van der Waals surface area contributed by atoms with Gasteiger partial charge in [-0.05, 0) is 38.0 Å². The SMILES string of the molecule is CC(C)CC(N)C(=O)NC(CS)C(=O)NC(CCCN=C(N)N)C(=O)N1CCCC1C(=O)O. The molecule has 12 nitrogen and oxygen atoms in total. The molecule has 1 aliphatic heterocycles. The molecule has 1 fully saturated rings. The summed E-state index contributed by atoms with van der Waals surface area (Å²) in [5, 5.41) is 14.6. The summed E-state index contributed by atoms with van der Waals surface area (Å²) in [4.78, 5) is 55.0. The first-order valence-electron chi connectivity index (χ1n) is 11.0. The highest BCUT2D eigenvalue weighted by atomic mass is 32.1. The lowest BCUT2D eigenvalue weighted by Crippen LogP contribution is -2.57. The van der Waals surface area contributed by atoms with Crippen molar-refractivity contribution in [2.75, 3.05) is 18.8 Å². The highest BCUT2D eigenvalue weighted by molar-refractivity contribution is 7.80. The van der Waals surface area contributed by atoms with Gasteiger partial charge in [-0.3, -0.25) is 19.4 Å². The Labute approximate surface area is 199 Å². The Kier molecular flexibility index (Phi) is 12.0. The molecule has 4 atom stereocenters. The molecule has 0 spiro atoms. The van der Waals surface area contributed by atoms with E-state index in [1.165, 1.54) is 4.90 Å². The van der Waals surface area contributed by atoms with E-state index < -0.39 is 47.9 Å². The first-order chi connectivity index (χ1) is 15.5. The number of amides is 3. The summed E-state index contributed by atoms with van der Waals surface area (Å²) in [7, 11) is 0. The molecule has 4 unspecified atom stereocenters. The summed E-state index contributed by atoms with van der Waals surface area (Å²) in [5.74, 6) is -2.60. The van der Waals surface area contributed by atoms with Crippen molar-refractivity contribution in [1.29, 1.82) is 0 Å². The lowest BCUT2D eigenvalue weighted by molar-refractivity contribution is -0.149. The van der Waals surface area contributed by atoms with E-state index in [0.29, 0.717) is 25.7 Å². The van der Waals surface area contributed by atoms with Gasteiger partial charge in [0, 0.05) is 18.8 Å². The van der Waals surface area contributed by atoms with Crippen LogP contribution in [0.1, 0.15) is 46.0 Å². The molecular weight excluding hydrogens is 450 g/mol. The number of guanidine groups is 1. The van der Waals surface area contributed by atoms with E-state index in [1.54, 1.807) is 0 Å². The molecule has 0 radical (unpaired) electrons. The zero-order valence-electron chi connectivity index (χ0n) is 19.2. The van der Waals surface area contributed by atoms with Crippen molar-refractivity contribution in [2.45, 2.75) is 70.1 Å². The third kappa shape index (κ3) is 9.46. The average molecular weight is 488 g/mol. The molecule has 1 saturated heterocycles. The molecule has 0 bridgehead atoms. The zero-order chi connectivity index (χ0) is 25.1. The van der Waals surface area contributed by atoms with Crippen LogP contribution in [0.25, 0.3) is 0 Å². The van der Waals surface area contributed by atoms with Crippen LogP contribution in [0.15, 0.2) is 4.99 Å². The van der Waals surface area contributed by atoms with Gasteiger partial charge >= 0.3 is 5.97 Å². The lowest BCUT2D eigenvalue weighted by Gasteiger charge is -2.28. The maximum absolute atomic E-state index is 13.1. The van der Waals surface area contributed by atoms with Gasteiger partial charge in [-0.1, -0.05) is 13.8 Å². The highest BCUT2D eigenvalue weighted by Crippen LogP contribution is 2.19. The number of thiol groups is 1. The number of carboxylic acid groups (broad SMARTS) is 1. The first-order valence-corrected chi connectivity index (χ1v) is 11.7. The molecule has 1 rings (SSSR count). The van der Waals surface area contributed by atoms with Crippen LogP contribution >= 0.6 is 12.6 Å². The van der Waals surface area contributed by atoms with E-state index in [-0.39, 0.29) is 37.1 Å². The minimum absolute atomic E-state index is 0.0116. The van der Waals surface area contributed by atoms with Gasteiger partial charge in [-0.15, -0.1) is 0 Å². The Morgan fingerprint density at radius 3 is 2.33 bits per heavy atom. The second-order valence-corrected chi connectivity index (χ2v) is 8.88. The van der Waals surface area contributed by atoms with E-state index in [0.717, 1.165) is 0 Å². The number of carbonyl (C=O) groups is 4. The maximum atomic E-state index is 13.1. The van der Waals surface area contributed by atoms with Crippen LogP contribution in [0.4, 0.5) is 0 Å². The molecule has 9 N–H and O–H groups in total. The average Bonchev–Trinajstić information content (AvgIpc) is 3.22. The molecule has 33 heavy (non-hydrogen) atoms. The van der Waals surface area contributed by atoms with Gasteiger partial charge in [0.2, 0.25) is 17.7 Å². The number of nitrogens with two attached hydrogens (primary N) is 3. The molecule has 3 amide bonds. The number of nitrogens with zero attached hydrogens (tertiary/aromatic N) is 2. The summed E-state index contributed by atoms with van der Waals surface area (Å²) < 4.78 is 0. The van der Waals surface area contributed by atoms with E-state index in [4.69, 9.17) is 17.2 Å². The topological polar surface area (TPSA) is 206 Å². The molecule has 0 aromatic carbocycles. The fraction of sp³-hybridized carbons (Fsp3) is 0.750. The van der Waals surface area contributed by atoms with Crippen molar-refractivity contribution in [3.63, 3.8) is 0 Å². The second-order valence-electron chi connectivity index (χ2n) is 8.52. The fourth-order valence-corrected chi connectivity index (χ4v) is 3.87. The quantitative estimate of drug-likeness (QED) is 0.0694. The third-order valence-electron chi connectivity index (χ3n) is 5.26. The van der Waals surface area contributed by atoms with Crippen molar-refractivity contribution in [2.24, 2.45) is 28.1 Å². The summed E-state index contributed by atoms with van der Waals surface area (Å²) in [5.41, 5.74) is 16.5. The van der Waals surface area contributed by atoms with Crippen molar-refractivity contribution >= 4 is 42.3 Å². The Balaban J connectivity index is 2.91. The van der Waals surface area contributed by atoms with Crippen molar-refractivity contribution in [3.8, 4) is 0 Å². The molecule has 0 aromatic heterocycles. The van der Waals surface area contributed by atoms with E-state index in [1.807, 2.05) is 13.8 Å². The summed E-state index contributed by atoms with van der Waals surface area (Å²) >= 11 is 4.14. The van der Waals surface area contributed by atoms with E-state index in [9.17, 15) is 24.3 Å². The van der Waals surface area contributed by atoms with Gasteiger partial charge in [0.15, 0.2) is 5.96 Å². The number of aliphatic carboxylic acids is 1. The minimum atomic E-state index is -1.09. The number of nitrogens with one attached hydrogen (secondary N) is 2. The number of likely N-dealkylation sites (tertiary alicyclic amines) is 1. The van der Waals surface area contributed by atoms with Gasteiger partial charge in [0.05, 0.1) is 6.04 Å². The Bertz CT molecular complexity index is 730. The van der Waals surface area contributed by atoms with Crippen LogP contribution in [-0.4, -0.2) is 82.7 Å². The van der Waals surface area contributed by atoms with E-state index in [2.05, 4.69) is 28.3 Å². The van der Waals surface area contributed by atoms with Gasteiger partial charge in [0.25, 0.3) is 0 Å². The molecular formula is C20H37N7O5S. The highest BCUT2D eigenvalue weighted by Gasteiger charge is 2.38. The molecule has 0 saturated carbocycles. The monoisotopic (exact) mass is 487 g/mol. The predicted molar refractivity (Wildman–Crippen MR) is 127 cm³/mol. The fourth-order valence-electron chi connectivity index (χ4n) is 3.61. The van der Waals surface area contributed by atoms with Crippen LogP contribution in [0.3, 0.4) is 0 Å². The van der Waals surface area contributed by atoms with Gasteiger partial charge < -0.3 is 37.8 Å².